The molecule has 0 aromatic heterocycles. The number of fused-ring (bicyclic) bond motifs is 1. The molecule has 0 aliphatic carbocycles. The summed E-state index contributed by atoms with van der Waals surface area (Å²) in [4.78, 5) is 10.8. The van der Waals surface area contributed by atoms with Gasteiger partial charge in [-0.05, 0) is 81.9 Å². The summed E-state index contributed by atoms with van der Waals surface area (Å²) in [5.41, 5.74) is 4.40. The number of carboxylic acids is 1. The minimum Gasteiger partial charge on any atom is -0.492 e. The Kier molecular flexibility index (Phi) is 9.27. The smallest absolute Gasteiger partial charge is 0.306 e. The van der Waals surface area contributed by atoms with Crippen LogP contribution >= 0.6 is 0 Å². The zero-order valence-corrected chi connectivity index (χ0v) is 20.9. The van der Waals surface area contributed by atoms with Crippen LogP contribution < -0.4 is 9.47 Å². The van der Waals surface area contributed by atoms with E-state index in [1.807, 2.05) is 6.92 Å². The van der Waals surface area contributed by atoms with Crippen LogP contribution in [0.15, 0.2) is 0 Å². The van der Waals surface area contributed by atoms with E-state index in [9.17, 15) is 4.79 Å². The first-order valence-electron chi connectivity index (χ1n) is 12.2. The van der Waals surface area contributed by atoms with E-state index in [2.05, 4.69) is 41.5 Å². The first-order valence-corrected chi connectivity index (χ1v) is 12.2. The van der Waals surface area contributed by atoms with Crippen molar-refractivity contribution in [2.75, 3.05) is 6.61 Å². The summed E-state index contributed by atoms with van der Waals surface area (Å²) in [5, 5.41) is 8.90. The monoisotopic (exact) mass is 432 g/mol. The largest absolute Gasteiger partial charge is 0.492 e. The van der Waals surface area contributed by atoms with Gasteiger partial charge in [-0.15, -0.1) is 0 Å². The number of ether oxygens (including phenoxy) is 2. The Balaban J connectivity index is 2.00. The molecule has 2 rings (SSSR count). The van der Waals surface area contributed by atoms with Crippen LogP contribution in [0.4, 0.5) is 0 Å². The van der Waals surface area contributed by atoms with Gasteiger partial charge in [0, 0.05) is 5.56 Å². The number of benzene rings is 1. The van der Waals surface area contributed by atoms with Crippen molar-refractivity contribution in [2.45, 2.75) is 112 Å². The summed E-state index contributed by atoms with van der Waals surface area (Å²) in [5.74, 6) is 2.62. The van der Waals surface area contributed by atoms with E-state index >= 15 is 0 Å². The molecule has 4 heteroatoms. The van der Waals surface area contributed by atoms with Crippen molar-refractivity contribution in [1.82, 2.24) is 0 Å². The molecule has 1 aliphatic heterocycles. The number of hydrogen-bond donors (Lipinski definition) is 1. The molecule has 4 nitrogen and oxygen atoms in total. The van der Waals surface area contributed by atoms with Gasteiger partial charge in [-0.25, -0.2) is 0 Å². The Morgan fingerprint density at radius 1 is 1.06 bits per heavy atom. The maximum Gasteiger partial charge on any atom is 0.306 e. The zero-order valence-electron chi connectivity index (χ0n) is 20.9. The summed E-state index contributed by atoms with van der Waals surface area (Å²) in [6.45, 7) is 15.7. The Labute approximate surface area is 189 Å². The molecule has 1 aromatic rings. The molecule has 0 saturated carbocycles. The molecule has 1 aromatic carbocycles. The van der Waals surface area contributed by atoms with Crippen molar-refractivity contribution in [3.05, 3.63) is 22.3 Å². The molecule has 0 amide bonds. The van der Waals surface area contributed by atoms with Crippen molar-refractivity contribution < 1.29 is 19.4 Å². The zero-order chi connectivity index (χ0) is 23.2. The first-order chi connectivity index (χ1) is 14.5. The van der Waals surface area contributed by atoms with Crippen molar-refractivity contribution in [1.29, 1.82) is 0 Å². The minimum atomic E-state index is -0.835. The summed E-state index contributed by atoms with van der Waals surface area (Å²) in [6, 6.07) is 0. The Hall–Kier alpha value is -1.71. The normalized spacial score (nSPS) is 19.1. The first kappa shape index (κ1) is 25.5. The van der Waals surface area contributed by atoms with E-state index in [4.69, 9.17) is 14.6 Å². The molecule has 0 fully saturated rings. The average Bonchev–Trinajstić information content (AvgIpc) is 2.68. The standard InChI is InChI=1S/C27H44O4/c1-18(2)10-8-11-19(3)12-9-15-27(7)16-13-23-22(6)25(30-17-14-24(28)29)20(4)21(5)26(23)31-27/h18-19H,8-17H2,1-7H3,(H,28,29)/t19?,27-/m0/s1. The average molecular weight is 433 g/mol. The van der Waals surface area contributed by atoms with Gasteiger partial charge in [0.05, 0.1) is 13.0 Å². The lowest BCUT2D eigenvalue weighted by Crippen LogP contribution is -2.37. The van der Waals surface area contributed by atoms with Crippen molar-refractivity contribution in [3.63, 3.8) is 0 Å². The van der Waals surface area contributed by atoms with Gasteiger partial charge in [0.1, 0.15) is 17.1 Å². The maximum atomic E-state index is 10.8. The van der Waals surface area contributed by atoms with Crippen LogP contribution in [-0.2, 0) is 11.2 Å². The Bertz CT molecular complexity index is 752. The lowest BCUT2D eigenvalue weighted by Gasteiger charge is -2.38. The van der Waals surface area contributed by atoms with Crippen molar-refractivity contribution >= 4 is 5.97 Å². The number of carbonyl (C=O) groups is 1. The van der Waals surface area contributed by atoms with Crippen molar-refractivity contribution in [3.8, 4) is 11.5 Å². The molecule has 1 heterocycles. The van der Waals surface area contributed by atoms with Crippen LogP contribution in [0.1, 0.15) is 101 Å². The second-order valence-corrected chi connectivity index (χ2v) is 10.4. The lowest BCUT2D eigenvalue weighted by atomic mass is 9.84. The van der Waals surface area contributed by atoms with Crippen LogP contribution in [0.3, 0.4) is 0 Å². The predicted octanol–water partition coefficient (Wildman–Crippen LogP) is 7.18. The summed E-state index contributed by atoms with van der Waals surface area (Å²) >= 11 is 0. The van der Waals surface area contributed by atoms with Gasteiger partial charge >= 0.3 is 5.97 Å². The Morgan fingerprint density at radius 2 is 1.74 bits per heavy atom. The molecular formula is C27H44O4. The fourth-order valence-electron chi connectivity index (χ4n) is 4.76. The third kappa shape index (κ3) is 7.15. The summed E-state index contributed by atoms with van der Waals surface area (Å²) in [7, 11) is 0. The van der Waals surface area contributed by atoms with Crippen LogP contribution in [-0.4, -0.2) is 23.3 Å². The molecule has 1 unspecified atom stereocenters. The van der Waals surface area contributed by atoms with Gasteiger partial charge in [0.25, 0.3) is 0 Å². The number of hydrogen-bond acceptors (Lipinski definition) is 3. The second kappa shape index (κ2) is 11.2. The fraction of sp³-hybridized carbons (Fsp3) is 0.741. The van der Waals surface area contributed by atoms with E-state index in [0.29, 0.717) is 0 Å². The maximum absolute atomic E-state index is 10.8. The summed E-state index contributed by atoms with van der Waals surface area (Å²) < 4.78 is 12.5. The minimum absolute atomic E-state index is 0.0134. The molecule has 0 bridgehead atoms. The second-order valence-electron chi connectivity index (χ2n) is 10.4. The Morgan fingerprint density at radius 3 is 2.39 bits per heavy atom. The van der Waals surface area contributed by atoms with Crippen LogP contribution in [0, 0.1) is 32.6 Å². The van der Waals surface area contributed by atoms with Gasteiger partial charge in [-0.3, -0.25) is 4.79 Å². The van der Waals surface area contributed by atoms with E-state index in [0.717, 1.165) is 59.3 Å². The molecule has 31 heavy (non-hydrogen) atoms. The van der Waals surface area contributed by atoms with E-state index in [-0.39, 0.29) is 18.6 Å². The van der Waals surface area contributed by atoms with E-state index in [1.54, 1.807) is 0 Å². The highest BCUT2D eigenvalue weighted by molar-refractivity contribution is 5.67. The SMILES string of the molecule is Cc1c(C)c2c(c(C)c1OCCC(=O)O)CC[C@](C)(CCCC(C)CCCC(C)C)O2. The molecule has 1 aliphatic rings. The molecule has 0 saturated heterocycles. The van der Waals surface area contributed by atoms with E-state index in [1.165, 1.54) is 37.7 Å². The number of carboxylic acid groups (broad SMARTS) is 1. The van der Waals surface area contributed by atoms with Gasteiger partial charge in [-0.2, -0.15) is 0 Å². The third-order valence-corrected chi connectivity index (χ3v) is 7.01. The topological polar surface area (TPSA) is 55.8 Å². The molecule has 176 valence electrons. The van der Waals surface area contributed by atoms with Gasteiger partial charge in [-0.1, -0.05) is 46.5 Å². The third-order valence-electron chi connectivity index (χ3n) is 7.01. The molecule has 2 atom stereocenters. The van der Waals surface area contributed by atoms with Crippen molar-refractivity contribution in [2.24, 2.45) is 11.8 Å². The fourth-order valence-corrected chi connectivity index (χ4v) is 4.76. The molecular weight excluding hydrogens is 388 g/mol. The molecule has 1 N–H and O–H groups in total. The van der Waals surface area contributed by atoms with Crippen LogP contribution in [0.25, 0.3) is 0 Å². The van der Waals surface area contributed by atoms with Crippen LogP contribution in [0.2, 0.25) is 0 Å². The lowest BCUT2D eigenvalue weighted by molar-refractivity contribution is -0.137. The van der Waals surface area contributed by atoms with E-state index < -0.39 is 5.97 Å². The highest BCUT2D eigenvalue weighted by Gasteiger charge is 2.34. The summed E-state index contributed by atoms with van der Waals surface area (Å²) in [6.07, 6.45) is 9.60. The molecule has 0 radical (unpaired) electrons. The number of aliphatic carboxylic acids is 1. The highest BCUT2D eigenvalue weighted by Crippen LogP contribution is 2.45. The van der Waals surface area contributed by atoms with Gasteiger partial charge < -0.3 is 14.6 Å². The number of rotatable bonds is 12. The van der Waals surface area contributed by atoms with Gasteiger partial charge in [0.15, 0.2) is 0 Å². The highest BCUT2D eigenvalue weighted by atomic mass is 16.5. The van der Waals surface area contributed by atoms with Gasteiger partial charge in [0.2, 0.25) is 0 Å². The van der Waals surface area contributed by atoms with Crippen LogP contribution in [0.5, 0.6) is 11.5 Å². The molecule has 0 spiro atoms. The predicted molar refractivity (Wildman–Crippen MR) is 127 cm³/mol. The quantitative estimate of drug-likeness (QED) is 0.380.